The van der Waals surface area contributed by atoms with Gasteiger partial charge in [0, 0.05) is 22.8 Å². The highest BCUT2D eigenvalue weighted by Crippen LogP contribution is 2.29. The van der Waals surface area contributed by atoms with Gasteiger partial charge in [-0.25, -0.2) is 0 Å². The highest BCUT2D eigenvalue weighted by molar-refractivity contribution is 9.12. The van der Waals surface area contributed by atoms with E-state index >= 15 is 0 Å². The summed E-state index contributed by atoms with van der Waals surface area (Å²) in [5.74, 6) is 0. The summed E-state index contributed by atoms with van der Waals surface area (Å²) in [5.41, 5.74) is -0.349. The number of anilines is 1. The summed E-state index contributed by atoms with van der Waals surface area (Å²) >= 11 is 6.60. The van der Waals surface area contributed by atoms with E-state index in [0.717, 1.165) is 6.07 Å². The largest absolute Gasteiger partial charge is 0.378 e. The second-order valence-electron chi connectivity index (χ2n) is 3.35. The standard InChI is InChI=1S/C9H9Br2N3O4/c10-4-6(11)5-12-8-2-1-7(13(15)16)3-9(8)14(17)18/h1-3,6,12H,4-5H2. The SMILES string of the molecule is O=[N+]([O-])c1ccc(NCC(Br)CBr)c([N+](=O)[O-])c1. The van der Waals surface area contributed by atoms with Crippen LogP contribution in [-0.2, 0) is 0 Å². The minimum Gasteiger partial charge on any atom is -0.378 e. The zero-order valence-corrected chi connectivity index (χ0v) is 12.2. The van der Waals surface area contributed by atoms with Crippen LogP contribution in [0.4, 0.5) is 17.1 Å². The molecule has 1 unspecified atom stereocenters. The van der Waals surface area contributed by atoms with E-state index in [9.17, 15) is 20.2 Å². The van der Waals surface area contributed by atoms with Gasteiger partial charge in [0.25, 0.3) is 11.4 Å². The highest BCUT2D eigenvalue weighted by Gasteiger charge is 2.19. The van der Waals surface area contributed by atoms with E-state index in [1.54, 1.807) is 0 Å². The number of hydrogen-bond acceptors (Lipinski definition) is 5. The lowest BCUT2D eigenvalue weighted by Gasteiger charge is -2.09. The lowest BCUT2D eigenvalue weighted by atomic mass is 10.2. The van der Waals surface area contributed by atoms with Gasteiger partial charge in [0.15, 0.2) is 0 Å². The Morgan fingerprint density at radius 3 is 2.44 bits per heavy atom. The van der Waals surface area contributed by atoms with Crippen LogP contribution >= 0.6 is 31.9 Å². The molecule has 0 amide bonds. The maximum atomic E-state index is 10.8. The van der Waals surface area contributed by atoms with Gasteiger partial charge in [-0.1, -0.05) is 31.9 Å². The van der Waals surface area contributed by atoms with Gasteiger partial charge in [0.05, 0.1) is 15.9 Å². The predicted octanol–water partition coefficient (Wildman–Crippen LogP) is 3.07. The maximum absolute atomic E-state index is 10.8. The molecule has 0 aromatic heterocycles. The quantitative estimate of drug-likeness (QED) is 0.463. The Balaban J connectivity index is 2.97. The van der Waals surface area contributed by atoms with Crippen molar-refractivity contribution in [1.29, 1.82) is 0 Å². The van der Waals surface area contributed by atoms with Crippen LogP contribution in [0.2, 0.25) is 0 Å². The van der Waals surface area contributed by atoms with Crippen molar-refractivity contribution in [2.24, 2.45) is 0 Å². The Labute approximate surface area is 119 Å². The first kappa shape index (κ1) is 14.8. The van der Waals surface area contributed by atoms with Crippen molar-refractivity contribution in [3.63, 3.8) is 0 Å². The molecule has 0 aliphatic rings. The average molecular weight is 383 g/mol. The number of nitro benzene ring substituents is 2. The Hall–Kier alpha value is -1.22. The smallest absolute Gasteiger partial charge is 0.299 e. The van der Waals surface area contributed by atoms with E-state index in [-0.39, 0.29) is 21.9 Å². The molecule has 98 valence electrons. The zero-order valence-electron chi connectivity index (χ0n) is 9.01. The van der Waals surface area contributed by atoms with E-state index in [1.807, 2.05) is 0 Å². The second kappa shape index (κ2) is 6.64. The van der Waals surface area contributed by atoms with Gasteiger partial charge in [-0.2, -0.15) is 0 Å². The zero-order chi connectivity index (χ0) is 13.7. The van der Waals surface area contributed by atoms with Crippen molar-refractivity contribution in [2.45, 2.75) is 4.83 Å². The Morgan fingerprint density at radius 1 is 1.28 bits per heavy atom. The summed E-state index contributed by atoms with van der Waals surface area (Å²) in [5, 5.41) is 24.9. The molecule has 1 aromatic carbocycles. The second-order valence-corrected chi connectivity index (χ2v) is 5.29. The van der Waals surface area contributed by atoms with Crippen LogP contribution in [-0.4, -0.2) is 26.5 Å². The Morgan fingerprint density at radius 2 is 1.94 bits per heavy atom. The number of non-ortho nitro benzene ring substituents is 1. The van der Waals surface area contributed by atoms with Crippen LogP contribution in [0.3, 0.4) is 0 Å². The third-order valence-corrected chi connectivity index (χ3v) is 4.37. The summed E-state index contributed by atoms with van der Waals surface area (Å²) in [6.45, 7) is 0.462. The summed E-state index contributed by atoms with van der Waals surface area (Å²) in [6, 6.07) is 3.51. The van der Waals surface area contributed by atoms with Crippen molar-refractivity contribution in [3.05, 3.63) is 38.4 Å². The molecule has 1 atom stereocenters. The Kier molecular flexibility index (Phi) is 5.48. The molecular weight excluding hydrogens is 374 g/mol. The fourth-order valence-corrected chi connectivity index (χ4v) is 1.60. The number of nitrogens with zero attached hydrogens (tertiary/aromatic N) is 2. The lowest BCUT2D eigenvalue weighted by Crippen LogP contribution is -2.15. The Bertz CT molecular complexity index is 469. The van der Waals surface area contributed by atoms with Crippen LogP contribution in [0, 0.1) is 20.2 Å². The third kappa shape index (κ3) is 3.91. The summed E-state index contributed by atoms with van der Waals surface area (Å²) < 4.78 is 0. The molecule has 0 saturated carbocycles. The molecule has 0 saturated heterocycles. The van der Waals surface area contributed by atoms with Gasteiger partial charge >= 0.3 is 0 Å². The van der Waals surface area contributed by atoms with Crippen LogP contribution in [0.25, 0.3) is 0 Å². The van der Waals surface area contributed by atoms with E-state index < -0.39 is 9.85 Å². The third-order valence-electron chi connectivity index (χ3n) is 2.07. The van der Waals surface area contributed by atoms with Crippen LogP contribution in [0.5, 0.6) is 0 Å². The molecule has 0 heterocycles. The maximum Gasteiger partial charge on any atom is 0.299 e. The van der Waals surface area contributed by atoms with Gasteiger partial charge < -0.3 is 5.32 Å². The fourth-order valence-electron chi connectivity index (χ4n) is 1.21. The van der Waals surface area contributed by atoms with E-state index in [2.05, 4.69) is 37.2 Å². The van der Waals surface area contributed by atoms with Crippen molar-refractivity contribution < 1.29 is 9.85 Å². The molecule has 9 heteroatoms. The van der Waals surface area contributed by atoms with Gasteiger partial charge in [-0.05, 0) is 6.07 Å². The minimum atomic E-state index is -0.664. The minimum absolute atomic E-state index is 0.104. The number of alkyl halides is 2. The molecule has 0 aliphatic heterocycles. The summed E-state index contributed by atoms with van der Waals surface area (Å²) in [6.07, 6.45) is 0. The number of rotatable bonds is 6. The number of nitrogens with one attached hydrogen (secondary N) is 1. The number of halogens is 2. The molecule has 18 heavy (non-hydrogen) atoms. The molecule has 1 N–H and O–H groups in total. The molecule has 0 fully saturated rings. The van der Waals surface area contributed by atoms with E-state index in [0.29, 0.717) is 11.9 Å². The first-order valence-corrected chi connectivity index (χ1v) is 6.86. The summed E-state index contributed by atoms with van der Waals surface area (Å²) in [7, 11) is 0. The summed E-state index contributed by atoms with van der Waals surface area (Å²) in [4.78, 5) is 20.2. The van der Waals surface area contributed by atoms with Gasteiger partial charge in [-0.15, -0.1) is 0 Å². The number of hydrogen-bond donors (Lipinski definition) is 1. The van der Waals surface area contributed by atoms with Crippen molar-refractivity contribution in [1.82, 2.24) is 0 Å². The molecule has 1 aromatic rings. The number of benzene rings is 1. The molecular formula is C9H9Br2N3O4. The van der Waals surface area contributed by atoms with E-state index in [1.165, 1.54) is 12.1 Å². The molecule has 0 bridgehead atoms. The lowest BCUT2D eigenvalue weighted by molar-refractivity contribution is -0.393. The molecule has 0 radical (unpaired) electrons. The van der Waals surface area contributed by atoms with Gasteiger partial charge in [0.2, 0.25) is 0 Å². The van der Waals surface area contributed by atoms with Crippen molar-refractivity contribution >= 4 is 48.9 Å². The van der Waals surface area contributed by atoms with Gasteiger partial charge in [-0.3, -0.25) is 20.2 Å². The molecule has 7 nitrogen and oxygen atoms in total. The molecule has 0 aliphatic carbocycles. The topological polar surface area (TPSA) is 98.3 Å². The van der Waals surface area contributed by atoms with Crippen molar-refractivity contribution in [2.75, 3.05) is 17.2 Å². The molecule has 0 spiro atoms. The number of nitro groups is 2. The average Bonchev–Trinajstić information content (AvgIpc) is 2.35. The van der Waals surface area contributed by atoms with Crippen LogP contribution in [0.15, 0.2) is 18.2 Å². The predicted molar refractivity (Wildman–Crippen MR) is 74.7 cm³/mol. The fraction of sp³-hybridized carbons (Fsp3) is 0.333. The van der Waals surface area contributed by atoms with Crippen molar-refractivity contribution in [3.8, 4) is 0 Å². The normalized spacial score (nSPS) is 11.9. The highest BCUT2D eigenvalue weighted by atomic mass is 79.9. The molecule has 1 rings (SSSR count). The first-order chi connectivity index (χ1) is 8.45. The van der Waals surface area contributed by atoms with Gasteiger partial charge in [0.1, 0.15) is 5.69 Å². The monoisotopic (exact) mass is 381 g/mol. The van der Waals surface area contributed by atoms with Crippen LogP contribution < -0.4 is 5.32 Å². The first-order valence-electron chi connectivity index (χ1n) is 4.82. The van der Waals surface area contributed by atoms with E-state index in [4.69, 9.17) is 0 Å². The van der Waals surface area contributed by atoms with Crippen LogP contribution in [0.1, 0.15) is 0 Å².